The molecule has 7 heteroatoms. The molecule has 4 rings (SSSR count). The van der Waals surface area contributed by atoms with Crippen LogP contribution in [0.25, 0.3) is 5.57 Å². The first-order chi connectivity index (χ1) is 15.2. The monoisotopic (exact) mass is 422 g/mol. The van der Waals surface area contributed by atoms with E-state index in [-0.39, 0.29) is 11.8 Å². The van der Waals surface area contributed by atoms with Gasteiger partial charge in [-0.1, -0.05) is 30.3 Å². The maximum absolute atomic E-state index is 13.6. The van der Waals surface area contributed by atoms with Crippen LogP contribution in [0.5, 0.6) is 11.5 Å². The van der Waals surface area contributed by atoms with Gasteiger partial charge in [-0.2, -0.15) is 0 Å². The Hall–Kier alpha value is -3.32. The molecule has 0 aromatic heterocycles. The first-order valence-corrected chi connectivity index (χ1v) is 10.6. The molecule has 0 bridgehead atoms. The Morgan fingerprint density at radius 2 is 1.55 bits per heavy atom. The number of ether oxygens (including phenoxy) is 3. The predicted molar refractivity (Wildman–Crippen MR) is 117 cm³/mol. The van der Waals surface area contributed by atoms with Gasteiger partial charge in [0.25, 0.3) is 11.8 Å². The Bertz CT molecular complexity index is 996. The Labute approximate surface area is 181 Å². The number of hydrogen-bond acceptors (Lipinski definition) is 6. The van der Waals surface area contributed by atoms with Gasteiger partial charge in [0.15, 0.2) is 11.5 Å². The van der Waals surface area contributed by atoms with Crippen LogP contribution in [-0.4, -0.2) is 56.2 Å². The molecule has 162 valence electrons. The van der Waals surface area contributed by atoms with Crippen molar-refractivity contribution in [2.75, 3.05) is 44.4 Å². The van der Waals surface area contributed by atoms with Crippen molar-refractivity contribution < 1.29 is 23.8 Å². The molecular weight excluding hydrogens is 396 g/mol. The standard InChI is InChI=1S/C24H26N2O5/c1-3-30-19-11-10-18(16-20(19)31-4-2)26-23(27)21(17-8-6-5-7-9-17)22(24(26)28)25-12-14-29-15-13-25/h5-11,16H,3-4,12-15H2,1-2H3. The SMILES string of the molecule is CCOc1ccc(N2C(=O)C(c3ccccc3)=C(N3CCOCC3)C2=O)cc1OCC. The third kappa shape index (κ3) is 4.01. The molecule has 2 aliphatic heterocycles. The Morgan fingerprint density at radius 1 is 0.871 bits per heavy atom. The number of morpholine rings is 1. The zero-order valence-electron chi connectivity index (χ0n) is 17.8. The highest BCUT2D eigenvalue weighted by Gasteiger charge is 2.43. The zero-order chi connectivity index (χ0) is 21.8. The van der Waals surface area contributed by atoms with Gasteiger partial charge in [0, 0.05) is 19.2 Å². The molecule has 0 radical (unpaired) electrons. The molecule has 2 amide bonds. The van der Waals surface area contributed by atoms with E-state index in [2.05, 4.69) is 0 Å². The summed E-state index contributed by atoms with van der Waals surface area (Å²) < 4.78 is 16.8. The summed E-state index contributed by atoms with van der Waals surface area (Å²) in [6.07, 6.45) is 0. The number of benzene rings is 2. The molecule has 0 aliphatic carbocycles. The molecule has 2 aromatic rings. The van der Waals surface area contributed by atoms with Crippen molar-refractivity contribution in [1.29, 1.82) is 0 Å². The zero-order valence-corrected chi connectivity index (χ0v) is 17.8. The molecule has 2 heterocycles. The number of anilines is 1. The number of amides is 2. The topological polar surface area (TPSA) is 68.3 Å². The number of nitrogens with zero attached hydrogens (tertiary/aromatic N) is 2. The number of rotatable bonds is 7. The fraction of sp³-hybridized carbons (Fsp3) is 0.333. The lowest BCUT2D eigenvalue weighted by atomic mass is 10.0. The molecule has 0 unspecified atom stereocenters. The molecule has 7 nitrogen and oxygen atoms in total. The van der Waals surface area contributed by atoms with E-state index in [0.29, 0.717) is 68.0 Å². The molecular formula is C24H26N2O5. The van der Waals surface area contributed by atoms with Gasteiger partial charge in [0.1, 0.15) is 5.70 Å². The van der Waals surface area contributed by atoms with Crippen LogP contribution < -0.4 is 14.4 Å². The van der Waals surface area contributed by atoms with Crippen molar-refractivity contribution in [3.05, 3.63) is 59.8 Å². The van der Waals surface area contributed by atoms with Crippen molar-refractivity contribution in [3.8, 4) is 11.5 Å². The Balaban J connectivity index is 1.77. The van der Waals surface area contributed by atoms with E-state index in [9.17, 15) is 9.59 Å². The average Bonchev–Trinajstić information content (AvgIpc) is 3.06. The fourth-order valence-electron chi connectivity index (χ4n) is 3.88. The van der Waals surface area contributed by atoms with Crippen molar-refractivity contribution in [3.63, 3.8) is 0 Å². The third-order valence-electron chi connectivity index (χ3n) is 5.23. The third-order valence-corrected chi connectivity index (χ3v) is 5.23. The minimum absolute atomic E-state index is 0.336. The summed E-state index contributed by atoms with van der Waals surface area (Å²) in [6, 6.07) is 14.5. The Morgan fingerprint density at radius 3 is 2.23 bits per heavy atom. The van der Waals surface area contributed by atoms with Gasteiger partial charge >= 0.3 is 0 Å². The second-order valence-corrected chi connectivity index (χ2v) is 7.13. The van der Waals surface area contributed by atoms with Crippen LogP contribution in [0.3, 0.4) is 0 Å². The summed E-state index contributed by atoms with van der Waals surface area (Å²) in [5, 5.41) is 0. The number of carbonyl (C=O) groups excluding carboxylic acids is 2. The van der Waals surface area contributed by atoms with Crippen LogP contribution in [0.15, 0.2) is 54.2 Å². The summed E-state index contributed by atoms with van der Waals surface area (Å²) in [5.41, 5.74) is 2.02. The van der Waals surface area contributed by atoms with Crippen LogP contribution in [0.1, 0.15) is 19.4 Å². The second kappa shape index (κ2) is 9.22. The van der Waals surface area contributed by atoms with E-state index in [1.165, 1.54) is 4.90 Å². The molecule has 31 heavy (non-hydrogen) atoms. The smallest absolute Gasteiger partial charge is 0.282 e. The molecule has 0 N–H and O–H groups in total. The molecule has 0 atom stereocenters. The highest BCUT2D eigenvalue weighted by atomic mass is 16.5. The molecule has 2 aromatic carbocycles. The highest BCUT2D eigenvalue weighted by Crippen LogP contribution is 2.38. The van der Waals surface area contributed by atoms with Crippen molar-refractivity contribution in [2.45, 2.75) is 13.8 Å². The molecule has 2 aliphatic rings. The molecule has 1 fully saturated rings. The lowest BCUT2D eigenvalue weighted by Crippen LogP contribution is -2.40. The minimum Gasteiger partial charge on any atom is -0.490 e. The van der Waals surface area contributed by atoms with E-state index in [4.69, 9.17) is 14.2 Å². The van der Waals surface area contributed by atoms with Gasteiger partial charge in [-0.3, -0.25) is 9.59 Å². The van der Waals surface area contributed by atoms with Crippen LogP contribution >= 0.6 is 0 Å². The normalized spacial score (nSPS) is 16.8. The van der Waals surface area contributed by atoms with E-state index >= 15 is 0 Å². The summed E-state index contributed by atoms with van der Waals surface area (Å²) in [6.45, 7) is 6.86. The van der Waals surface area contributed by atoms with Crippen molar-refractivity contribution in [1.82, 2.24) is 4.90 Å². The van der Waals surface area contributed by atoms with Crippen LogP contribution in [0, 0.1) is 0 Å². The van der Waals surface area contributed by atoms with Gasteiger partial charge in [-0.25, -0.2) is 4.90 Å². The summed E-state index contributed by atoms with van der Waals surface area (Å²) in [7, 11) is 0. The average molecular weight is 422 g/mol. The lowest BCUT2D eigenvalue weighted by molar-refractivity contribution is -0.121. The first-order valence-electron chi connectivity index (χ1n) is 10.6. The van der Waals surface area contributed by atoms with Gasteiger partial charge in [0.2, 0.25) is 0 Å². The quantitative estimate of drug-likeness (QED) is 0.639. The van der Waals surface area contributed by atoms with Crippen molar-refractivity contribution >= 4 is 23.1 Å². The lowest BCUT2D eigenvalue weighted by Gasteiger charge is -2.29. The van der Waals surface area contributed by atoms with Gasteiger partial charge < -0.3 is 19.1 Å². The summed E-state index contributed by atoms with van der Waals surface area (Å²) >= 11 is 0. The van der Waals surface area contributed by atoms with Gasteiger partial charge in [-0.15, -0.1) is 0 Å². The summed E-state index contributed by atoms with van der Waals surface area (Å²) in [4.78, 5) is 30.3. The number of carbonyl (C=O) groups is 2. The molecule has 0 saturated carbocycles. The van der Waals surface area contributed by atoms with Gasteiger partial charge in [-0.05, 0) is 31.5 Å². The number of hydrogen-bond donors (Lipinski definition) is 0. The van der Waals surface area contributed by atoms with Gasteiger partial charge in [0.05, 0.1) is 37.7 Å². The van der Waals surface area contributed by atoms with E-state index < -0.39 is 0 Å². The largest absolute Gasteiger partial charge is 0.490 e. The van der Waals surface area contributed by atoms with E-state index in [1.54, 1.807) is 18.2 Å². The van der Waals surface area contributed by atoms with Crippen molar-refractivity contribution in [2.24, 2.45) is 0 Å². The Kier molecular flexibility index (Phi) is 6.23. The van der Waals surface area contributed by atoms with Crippen LogP contribution in [0.4, 0.5) is 5.69 Å². The minimum atomic E-state index is -0.343. The maximum Gasteiger partial charge on any atom is 0.282 e. The maximum atomic E-state index is 13.6. The number of imide groups is 1. The first kappa shape index (κ1) is 20.9. The van der Waals surface area contributed by atoms with Crippen LogP contribution in [0.2, 0.25) is 0 Å². The van der Waals surface area contributed by atoms with E-state index in [0.717, 1.165) is 5.56 Å². The molecule has 0 spiro atoms. The fourth-order valence-corrected chi connectivity index (χ4v) is 3.88. The van der Waals surface area contributed by atoms with E-state index in [1.807, 2.05) is 49.1 Å². The molecule has 1 saturated heterocycles. The van der Waals surface area contributed by atoms with Crippen LogP contribution in [-0.2, 0) is 14.3 Å². The predicted octanol–water partition coefficient (Wildman–Crippen LogP) is 3.10. The second-order valence-electron chi connectivity index (χ2n) is 7.13. The summed E-state index contributed by atoms with van der Waals surface area (Å²) in [5.74, 6) is 0.405. The highest BCUT2D eigenvalue weighted by molar-refractivity contribution is 6.45.